The summed E-state index contributed by atoms with van der Waals surface area (Å²) in [6.07, 6.45) is 5.73. The quantitative estimate of drug-likeness (QED) is 0.355. The molecule has 2 fully saturated rings. The molecule has 2 atom stereocenters. The van der Waals surface area contributed by atoms with E-state index in [-0.39, 0.29) is 18.5 Å². The van der Waals surface area contributed by atoms with E-state index in [9.17, 15) is 9.59 Å². The Kier molecular flexibility index (Phi) is 7.97. The lowest BCUT2D eigenvalue weighted by molar-refractivity contribution is 0.0390. The first-order valence-electron chi connectivity index (χ1n) is 13.4. The van der Waals surface area contributed by atoms with Gasteiger partial charge in [0.05, 0.1) is 11.6 Å². The number of hydrogen-bond donors (Lipinski definition) is 2. The van der Waals surface area contributed by atoms with Crippen molar-refractivity contribution in [3.8, 4) is 29.1 Å². The van der Waals surface area contributed by atoms with Gasteiger partial charge in [0.15, 0.2) is 0 Å². The van der Waals surface area contributed by atoms with Gasteiger partial charge in [0.1, 0.15) is 23.0 Å². The number of carboxylic acid groups (broad SMARTS) is 1. The molecule has 1 saturated carbocycles. The maximum atomic E-state index is 13.8. The molecule has 1 aliphatic carbocycles. The predicted molar refractivity (Wildman–Crippen MR) is 145 cm³/mol. The molecule has 2 unspecified atom stereocenters. The van der Waals surface area contributed by atoms with Crippen molar-refractivity contribution in [3.05, 3.63) is 83.4 Å². The van der Waals surface area contributed by atoms with E-state index in [0.717, 1.165) is 31.4 Å². The fraction of sp³-hybridized carbons (Fsp3) is 0.323. The lowest BCUT2D eigenvalue weighted by Gasteiger charge is -2.44. The van der Waals surface area contributed by atoms with Crippen LogP contribution in [0.3, 0.4) is 0 Å². The molecule has 1 saturated heterocycles. The highest BCUT2D eigenvalue weighted by Gasteiger charge is 2.36. The van der Waals surface area contributed by atoms with E-state index in [1.165, 1.54) is 19.3 Å². The highest BCUT2D eigenvalue weighted by molar-refractivity contribution is 5.95. The molecule has 39 heavy (non-hydrogen) atoms. The van der Waals surface area contributed by atoms with E-state index >= 15 is 0 Å². The lowest BCUT2D eigenvalue weighted by atomic mass is 9.78. The van der Waals surface area contributed by atoms with Crippen molar-refractivity contribution in [1.29, 1.82) is 5.26 Å². The molecule has 2 N–H and O–H groups in total. The largest absolute Gasteiger partial charge is 0.465 e. The number of rotatable bonds is 7. The Morgan fingerprint density at radius 2 is 1.49 bits per heavy atom. The molecule has 2 amide bonds. The highest BCUT2D eigenvalue weighted by atomic mass is 16.5. The van der Waals surface area contributed by atoms with Gasteiger partial charge >= 0.3 is 6.09 Å². The van der Waals surface area contributed by atoms with E-state index in [1.807, 2.05) is 4.90 Å². The van der Waals surface area contributed by atoms with Gasteiger partial charge in [-0.25, -0.2) is 4.79 Å². The number of nitrogens with zero attached hydrogens (tertiary/aromatic N) is 2. The van der Waals surface area contributed by atoms with E-state index in [4.69, 9.17) is 19.8 Å². The maximum Gasteiger partial charge on any atom is 0.404 e. The molecule has 200 valence electrons. The first-order chi connectivity index (χ1) is 19.0. The topological polar surface area (TPSA) is 112 Å². The summed E-state index contributed by atoms with van der Waals surface area (Å²) in [5.41, 5.74) is 1.83. The van der Waals surface area contributed by atoms with Gasteiger partial charge in [-0.05, 0) is 85.7 Å². The molecule has 8 nitrogen and oxygen atoms in total. The summed E-state index contributed by atoms with van der Waals surface area (Å²) in [6.45, 7) is 0.947. The molecule has 5 rings (SSSR count). The van der Waals surface area contributed by atoms with E-state index < -0.39 is 6.09 Å². The number of hydrogen-bond acceptors (Lipinski definition) is 5. The Morgan fingerprint density at radius 1 is 0.872 bits per heavy atom. The van der Waals surface area contributed by atoms with Crippen molar-refractivity contribution >= 4 is 12.0 Å². The SMILES string of the molecule is N#Cc1ccc(Oc2cc(Oc3ccc(CNC(=O)O)cc3)cc(C(=O)N3CCCC4CCCCC43)c2)cc1. The number of carbonyl (C=O) groups excluding carboxylic acids is 1. The summed E-state index contributed by atoms with van der Waals surface area (Å²) in [7, 11) is 0. The number of nitrogens with one attached hydrogen (secondary N) is 1. The predicted octanol–water partition coefficient (Wildman–Crippen LogP) is 6.71. The molecule has 1 heterocycles. The number of benzene rings is 3. The average Bonchev–Trinajstić information content (AvgIpc) is 2.96. The molecule has 2 aliphatic rings. The van der Waals surface area contributed by atoms with Crippen LogP contribution in [0.15, 0.2) is 66.7 Å². The first-order valence-corrected chi connectivity index (χ1v) is 13.4. The second-order valence-electron chi connectivity index (χ2n) is 10.1. The molecule has 0 bridgehead atoms. The molecular weight excluding hydrogens is 494 g/mol. The summed E-state index contributed by atoms with van der Waals surface area (Å²) >= 11 is 0. The van der Waals surface area contributed by atoms with Gasteiger partial charge in [-0.3, -0.25) is 4.79 Å². The summed E-state index contributed by atoms with van der Waals surface area (Å²) in [6, 6.07) is 21.5. The van der Waals surface area contributed by atoms with Crippen molar-refractivity contribution in [2.24, 2.45) is 5.92 Å². The van der Waals surface area contributed by atoms with Gasteiger partial charge in [0.25, 0.3) is 5.91 Å². The van der Waals surface area contributed by atoms with Gasteiger partial charge in [-0.15, -0.1) is 0 Å². The Bertz CT molecular complexity index is 1360. The van der Waals surface area contributed by atoms with Crippen LogP contribution >= 0.6 is 0 Å². The van der Waals surface area contributed by atoms with Crippen molar-refractivity contribution in [2.45, 2.75) is 51.1 Å². The number of likely N-dealkylation sites (tertiary alicyclic amines) is 1. The number of nitriles is 1. The van der Waals surface area contributed by atoms with Gasteiger partial charge < -0.3 is 24.8 Å². The zero-order valence-electron chi connectivity index (χ0n) is 21.6. The molecule has 3 aromatic rings. The summed E-state index contributed by atoms with van der Waals surface area (Å²) < 4.78 is 12.2. The van der Waals surface area contributed by atoms with Crippen LogP contribution in [0.4, 0.5) is 4.79 Å². The van der Waals surface area contributed by atoms with Crippen molar-refractivity contribution in [2.75, 3.05) is 6.54 Å². The van der Waals surface area contributed by atoms with Gasteiger partial charge in [0, 0.05) is 30.8 Å². The zero-order valence-corrected chi connectivity index (χ0v) is 21.6. The van der Waals surface area contributed by atoms with Crippen LogP contribution in [0.1, 0.15) is 60.0 Å². The monoisotopic (exact) mass is 525 g/mol. The minimum atomic E-state index is -1.08. The molecule has 0 aromatic heterocycles. The second kappa shape index (κ2) is 11.9. The number of fused-ring (bicyclic) bond motifs is 1. The van der Waals surface area contributed by atoms with Crippen LogP contribution < -0.4 is 14.8 Å². The molecule has 0 radical (unpaired) electrons. The maximum absolute atomic E-state index is 13.8. The Morgan fingerprint density at radius 3 is 2.13 bits per heavy atom. The van der Waals surface area contributed by atoms with Crippen molar-refractivity contribution in [1.82, 2.24) is 10.2 Å². The van der Waals surface area contributed by atoms with Crippen LogP contribution in [0.25, 0.3) is 0 Å². The van der Waals surface area contributed by atoms with E-state index in [2.05, 4.69) is 11.4 Å². The van der Waals surface area contributed by atoms with E-state index in [0.29, 0.717) is 40.0 Å². The minimum Gasteiger partial charge on any atom is -0.465 e. The number of ether oxygens (including phenoxy) is 2. The number of piperidine rings is 1. The third-order valence-corrected chi connectivity index (χ3v) is 7.45. The smallest absolute Gasteiger partial charge is 0.404 e. The summed E-state index contributed by atoms with van der Waals surface area (Å²) in [5.74, 6) is 2.56. The Labute approximate surface area is 227 Å². The van der Waals surface area contributed by atoms with Crippen LogP contribution in [-0.2, 0) is 6.54 Å². The molecule has 8 heteroatoms. The number of carbonyl (C=O) groups is 2. The molecule has 1 aliphatic heterocycles. The van der Waals surface area contributed by atoms with Gasteiger partial charge in [-0.2, -0.15) is 5.26 Å². The fourth-order valence-corrected chi connectivity index (χ4v) is 5.58. The summed E-state index contributed by atoms with van der Waals surface area (Å²) in [5, 5.41) is 20.2. The second-order valence-corrected chi connectivity index (χ2v) is 10.1. The van der Waals surface area contributed by atoms with E-state index in [1.54, 1.807) is 66.7 Å². The fourth-order valence-electron chi connectivity index (χ4n) is 5.58. The van der Waals surface area contributed by atoms with Crippen molar-refractivity contribution in [3.63, 3.8) is 0 Å². The third kappa shape index (κ3) is 6.50. The Balaban J connectivity index is 1.41. The highest BCUT2D eigenvalue weighted by Crippen LogP contribution is 2.37. The zero-order chi connectivity index (χ0) is 27.2. The summed E-state index contributed by atoms with van der Waals surface area (Å²) in [4.78, 5) is 26.6. The van der Waals surface area contributed by atoms with Crippen LogP contribution in [0.2, 0.25) is 0 Å². The molecular formula is C31H31N3O5. The first kappa shape index (κ1) is 26.1. The third-order valence-electron chi connectivity index (χ3n) is 7.45. The minimum absolute atomic E-state index is 0.0168. The van der Waals surface area contributed by atoms with Crippen LogP contribution in [-0.4, -0.2) is 34.6 Å². The lowest BCUT2D eigenvalue weighted by Crippen LogP contribution is -2.49. The average molecular weight is 526 g/mol. The van der Waals surface area contributed by atoms with Crippen LogP contribution in [0.5, 0.6) is 23.0 Å². The molecule has 3 aromatic carbocycles. The standard InChI is InChI=1S/C31H31N3O5/c32-19-21-7-11-25(12-8-21)38-27-16-24(30(35)34-15-3-5-23-4-1-2-6-29(23)34)17-28(18-27)39-26-13-9-22(10-14-26)20-33-31(36)37/h7-14,16-18,23,29,33H,1-6,15,20H2,(H,36,37). The van der Waals surface area contributed by atoms with Crippen molar-refractivity contribution < 1.29 is 24.2 Å². The van der Waals surface area contributed by atoms with Gasteiger partial charge in [0.2, 0.25) is 0 Å². The number of amides is 2. The van der Waals surface area contributed by atoms with Gasteiger partial charge in [-0.1, -0.05) is 25.0 Å². The van der Waals surface area contributed by atoms with Crippen LogP contribution in [0, 0.1) is 17.2 Å². The Hall–Kier alpha value is -4.51. The normalized spacial score (nSPS) is 18.4. The molecule has 0 spiro atoms.